The average Bonchev–Trinajstić information content (AvgIpc) is 3.29. The normalized spacial score (nSPS) is 16.3. The molecule has 2 aliphatic rings. The second kappa shape index (κ2) is 9.11. The fraction of sp³-hybridized carbons (Fsp3) is 0.414. The Hall–Kier alpha value is -3.06. The van der Waals surface area contributed by atoms with Gasteiger partial charge in [-0.05, 0) is 42.5 Å². The number of thioether (sulfide) groups is 1. The van der Waals surface area contributed by atoms with Crippen molar-refractivity contribution in [1.82, 2.24) is 19.2 Å². The lowest BCUT2D eigenvalue weighted by Gasteiger charge is -2.42. The lowest BCUT2D eigenvalue weighted by Crippen LogP contribution is -2.43. The molecular formula is C29H32N4O2S. The maximum atomic E-state index is 14.5. The minimum absolute atomic E-state index is 0.0817. The Bertz CT molecular complexity index is 1480. The molecule has 36 heavy (non-hydrogen) atoms. The molecule has 2 aromatic carbocycles. The molecule has 0 aliphatic heterocycles. The zero-order valence-electron chi connectivity index (χ0n) is 21.2. The van der Waals surface area contributed by atoms with Crippen LogP contribution in [0.15, 0.2) is 58.5 Å². The van der Waals surface area contributed by atoms with E-state index in [-0.39, 0.29) is 11.0 Å². The van der Waals surface area contributed by atoms with E-state index in [0.717, 1.165) is 65.4 Å². The molecular weight excluding hydrogens is 468 g/mol. The van der Waals surface area contributed by atoms with Crippen molar-refractivity contribution in [3.05, 3.63) is 75.6 Å². The topological polar surface area (TPSA) is 61.4 Å². The number of hydrogen-bond acceptors (Lipinski definition) is 5. The van der Waals surface area contributed by atoms with Gasteiger partial charge in [0.15, 0.2) is 5.16 Å². The van der Waals surface area contributed by atoms with Crippen LogP contribution in [0.25, 0.3) is 17.0 Å². The molecule has 0 amide bonds. The Balaban J connectivity index is 1.67. The van der Waals surface area contributed by atoms with E-state index in [1.807, 2.05) is 28.8 Å². The summed E-state index contributed by atoms with van der Waals surface area (Å²) >= 11 is 1.70. The van der Waals surface area contributed by atoms with E-state index in [1.165, 1.54) is 12.0 Å². The van der Waals surface area contributed by atoms with Crippen LogP contribution in [0.4, 0.5) is 0 Å². The third-order valence-corrected chi connectivity index (χ3v) is 8.71. The van der Waals surface area contributed by atoms with Gasteiger partial charge >= 0.3 is 0 Å². The Labute approximate surface area is 215 Å². The molecule has 4 aromatic rings. The quantitative estimate of drug-likeness (QED) is 0.321. The van der Waals surface area contributed by atoms with E-state index in [4.69, 9.17) is 4.74 Å². The first-order valence-electron chi connectivity index (χ1n) is 12.9. The van der Waals surface area contributed by atoms with Crippen molar-refractivity contribution < 1.29 is 4.74 Å². The Morgan fingerprint density at radius 2 is 1.78 bits per heavy atom. The number of rotatable bonds is 5. The highest BCUT2D eigenvalue weighted by atomic mass is 32.2. The standard InChI is InChI=1S/C29H32N4O2S/c1-19(2)36-28-31-30-27-32(18-20-11-13-22(35-3)14-12-20)26(34)24-25(33(27)28)23-10-6-5-9-21(23)17-29(24)15-7-4-8-16-29/h5-6,9-14,19H,4,7-8,15-18H2,1-3H3. The van der Waals surface area contributed by atoms with Gasteiger partial charge < -0.3 is 4.74 Å². The third kappa shape index (κ3) is 3.76. The number of ether oxygens (including phenoxy) is 1. The zero-order valence-corrected chi connectivity index (χ0v) is 22.0. The molecule has 0 bridgehead atoms. The summed E-state index contributed by atoms with van der Waals surface area (Å²) in [4.78, 5) is 14.5. The van der Waals surface area contributed by atoms with Crippen LogP contribution in [0.1, 0.15) is 62.6 Å². The molecule has 2 heterocycles. The summed E-state index contributed by atoms with van der Waals surface area (Å²) in [6, 6.07) is 16.5. The van der Waals surface area contributed by atoms with Crippen molar-refractivity contribution in [2.24, 2.45) is 0 Å². The van der Waals surface area contributed by atoms with Gasteiger partial charge in [-0.15, -0.1) is 10.2 Å². The van der Waals surface area contributed by atoms with Crippen LogP contribution in [0.3, 0.4) is 0 Å². The van der Waals surface area contributed by atoms with Crippen molar-refractivity contribution in [2.45, 2.75) is 74.7 Å². The first-order chi connectivity index (χ1) is 17.5. The van der Waals surface area contributed by atoms with Gasteiger partial charge in [0.05, 0.1) is 19.3 Å². The second-order valence-corrected chi connectivity index (χ2v) is 12.0. The fourth-order valence-electron chi connectivity index (χ4n) is 6.16. The fourth-order valence-corrected chi connectivity index (χ4v) is 6.95. The summed E-state index contributed by atoms with van der Waals surface area (Å²) < 4.78 is 9.37. The molecule has 2 aliphatic carbocycles. The van der Waals surface area contributed by atoms with E-state index >= 15 is 0 Å². The van der Waals surface area contributed by atoms with Crippen molar-refractivity contribution in [3.8, 4) is 17.0 Å². The molecule has 1 fully saturated rings. The van der Waals surface area contributed by atoms with Crippen LogP contribution >= 0.6 is 11.8 Å². The van der Waals surface area contributed by atoms with E-state index in [0.29, 0.717) is 17.6 Å². The Morgan fingerprint density at radius 1 is 1.03 bits per heavy atom. The van der Waals surface area contributed by atoms with Crippen molar-refractivity contribution in [3.63, 3.8) is 0 Å². The highest BCUT2D eigenvalue weighted by Crippen LogP contribution is 2.49. The minimum Gasteiger partial charge on any atom is -0.497 e. The van der Waals surface area contributed by atoms with Crippen LogP contribution < -0.4 is 10.3 Å². The molecule has 6 nitrogen and oxygen atoms in total. The molecule has 0 N–H and O–H groups in total. The maximum absolute atomic E-state index is 14.5. The molecule has 0 atom stereocenters. The largest absolute Gasteiger partial charge is 0.497 e. The minimum atomic E-state index is -0.140. The molecule has 1 spiro atoms. The lowest BCUT2D eigenvalue weighted by atomic mass is 9.62. The van der Waals surface area contributed by atoms with Crippen LogP contribution in [0, 0.1) is 0 Å². The summed E-state index contributed by atoms with van der Waals surface area (Å²) in [5, 5.41) is 10.4. The molecule has 0 unspecified atom stereocenters. The molecule has 7 heteroatoms. The summed E-state index contributed by atoms with van der Waals surface area (Å²) in [5.74, 6) is 1.41. The SMILES string of the molecule is COc1ccc(Cn2c(=O)c3c(n4c(SC(C)C)nnc24)-c2ccccc2CC32CCCCC2)cc1. The van der Waals surface area contributed by atoms with Gasteiger partial charge in [0.25, 0.3) is 5.56 Å². The average molecular weight is 501 g/mol. The van der Waals surface area contributed by atoms with Crippen LogP contribution in [0.5, 0.6) is 5.75 Å². The Kier molecular flexibility index (Phi) is 5.91. The molecule has 0 radical (unpaired) electrons. The number of benzene rings is 2. The summed E-state index contributed by atoms with van der Waals surface area (Å²) in [7, 11) is 1.66. The monoisotopic (exact) mass is 500 g/mol. The van der Waals surface area contributed by atoms with Crippen LogP contribution in [-0.2, 0) is 18.4 Å². The van der Waals surface area contributed by atoms with Crippen molar-refractivity contribution in [2.75, 3.05) is 7.11 Å². The van der Waals surface area contributed by atoms with Gasteiger partial charge in [-0.1, -0.05) is 81.3 Å². The first kappa shape index (κ1) is 23.3. The highest BCUT2D eigenvalue weighted by Gasteiger charge is 2.44. The highest BCUT2D eigenvalue weighted by molar-refractivity contribution is 7.99. The van der Waals surface area contributed by atoms with Gasteiger partial charge in [-0.25, -0.2) is 0 Å². The van der Waals surface area contributed by atoms with Gasteiger partial charge in [0.1, 0.15) is 5.75 Å². The molecule has 6 rings (SSSR count). The molecule has 2 aromatic heterocycles. The van der Waals surface area contributed by atoms with Crippen molar-refractivity contribution >= 4 is 17.5 Å². The number of methoxy groups -OCH3 is 1. The number of aromatic nitrogens is 4. The Morgan fingerprint density at radius 3 is 2.50 bits per heavy atom. The molecule has 186 valence electrons. The maximum Gasteiger partial charge on any atom is 0.259 e. The van der Waals surface area contributed by atoms with E-state index in [2.05, 4.69) is 52.7 Å². The smallest absolute Gasteiger partial charge is 0.259 e. The van der Waals surface area contributed by atoms with Gasteiger partial charge in [0.2, 0.25) is 5.78 Å². The van der Waals surface area contributed by atoms with Crippen molar-refractivity contribution in [1.29, 1.82) is 0 Å². The van der Waals surface area contributed by atoms with Gasteiger partial charge in [-0.2, -0.15) is 0 Å². The molecule has 1 saturated carbocycles. The van der Waals surface area contributed by atoms with Crippen LogP contribution in [-0.4, -0.2) is 31.5 Å². The van der Waals surface area contributed by atoms with Gasteiger partial charge in [0, 0.05) is 21.8 Å². The predicted molar refractivity (Wildman–Crippen MR) is 144 cm³/mol. The molecule has 0 saturated heterocycles. The third-order valence-electron chi connectivity index (χ3n) is 7.76. The van der Waals surface area contributed by atoms with Gasteiger partial charge in [-0.3, -0.25) is 13.8 Å². The number of fused-ring (bicyclic) bond motifs is 6. The summed E-state index contributed by atoms with van der Waals surface area (Å²) in [6.45, 7) is 4.78. The number of nitrogens with zero attached hydrogens (tertiary/aromatic N) is 4. The van der Waals surface area contributed by atoms with E-state index in [1.54, 1.807) is 18.9 Å². The first-order valence-corrected chi connectivity index (χ1v) is 13.8. The van der Waals surface area contributed by atoms with Crippen LogP contribution in [0.2, 0.25) is 0 Å². The van der Waals surface area contributed by atoms with E-state index in [9.17, 15) is 4.79 Å². The van der Waals surface area contributed by atoms with E-state index < -0.39 is 0 Å². The predicted octanol–water partition coefficient (Wildman–Crippen LogP) is 5.87. The summed E-state index contributed by atoms with van der Waals surface area (Å²) in [5.41, 5.74) is 5.43. The second-order valence-electron chi connectivity index (χ2n) is 10.4. The zero-order chi connectivity index (χ0) is 24.9. The lowest BCUT2D eigenvalue weighted by molar-refractivity contribution is 0.283. The number of hydrogen-bond donors (Lipinski definition) is 0. The summed E-state index contributed by atoms with van der Waals surface area (Å²) in [6.07, 6.45) is 6.58.